The minimum atomic E-state index is -1.95. The molecule has 15 heteroatoms. The Bertz CT molecular complexity index is 2170. The average Bonchev–Trinajstić information content (AvgIpc) is 3.93. The standard InChI is InChI=1S/C42H54N4O11/c1-19-13-12-14-20(2)40(53)43-32-31-30(44-41(45-31)46-16-10-11-17-46)27-28(36(32)51)35(50)24(6)38-29(27)39(52)42(8,57-38)55-18-15-26(54-9)21(3)37(56-25(7)47)23(5)34(49)22(4)33(19)48/h12-15,18-19,21-23,26,33-34,37,48-51H,10-11,16-17H2,1-9H3,(H,43,53)(H,44,45)/b13-12+,18-15+,20-14-/t19-,21+,22+,23+,26-,33-,34+,37+,42-/m0/s1. The minimum Gasteiger partial charge on any atom is -0.507 e. The summed E-state index contributed by atoms with van der Waals surface area (Å²) in [5.74, 6) is -6.40. The Kier molecular flexibility index (Phi) is 11.7. The Labute approximate surface area is 331 Å². The number of carbonyl (C=O) groups excluding carboxylic acids is 3. The molecular formula is C42H54N4O11. The molecule has 3 aliphatic heterocycles. The van der Waals surface area contributed by atoms with Crippen LogP contribution >= 0.6 is 0 Å². The number of aliphatic hydroxyl groups excluding tert-OH is 2. The van der Waals surface area contributed by atoms with Crippen LogP contribution < -0.4 is 15.0 Å². The molecule has 1 amide bonds. The summed E-state index contributed by atoms with van der Waals surface area (Å²) in [5, 5.41) is 49.3. The van der Waals surface area contributed by atoms with Crippen molar-refractivity contribution in [2.75, 3.05) is 30.4 Å². The number of allylic oxidation sites excluding steroid dienone is 2. The molecule has 4 heterocycles. The molecule has 9 atom stereocenters. The second-order valence-electron chi connectivity index (χ2n) is 15.8. The maximum Gasteiger partial charge on any atom is 0.312 e. The number of nitrogens with one attached hydrogen (secondary N) is 2. The second-order valence-corrected chi connectivity index (χ2v) is 15.8. The average molecular weight is 791 g/mol. The third kappa shape index (κ3) is 7.43. The lowest BCUT2D eigenvalue weighted by Crippen LogP contribution is -2.46. The number of carbonyl (C=O) groups is 3. The number of fused-ring (bicyclic) bond motifs is 1. The van der Waals surface area contributed by atoms with E-state index < -0.39 is 77.3 Å². The SMILES string of the molecule is CO[C@H]1/C=C/O[C@@]2(C)Oc3c(C)c(O)c4c(O)c(c5[nH]c(N6CCCC6)nc5c4c3C2=O)NC(=O)/C(C)=C\C=C\[C@H](C)[C@H](O)[C@@H](C)[C@@H](O)[C@@H](C)[C@H](OC(C)=O)[C@@H]1C. The van der Waals surface area contributed by atoms with Gasteiger partial charge in [0.15, 0.2) is 5.75 Å². The number of methoxy groups -OCH3 is 1. The lowest BCUT2D eigenvalue weighted by Gasteiger charge is -2.38. The molecule has 0 saturated carbocycles. The molecule has 57 heavy (non-hydrogen) atoms. The highest BCUT2D eigenvalue weighted by molar-refractivity contribution is 6.28. The number of rotatable bonds is 3. The third-order valence-electron chi connectivity index (χ3n) is 11.9. The molecule has 15 nitrogen and oxygen atoms in total. The first-order chi connectivity index (χ1) is 26.9. The van der Waals surface area contributed by atoms with Crippen LogP contribution in [0.1, 0.15) is 77.2 Å². The van der Waals surface area contributed by atoms with E-state index in [4.69, 9.17) is 23.9 Å². The maximum absolute atomic E-state index is 14.5. The van der Waals surface area contributed by atoms with Gasteiger partial charge in [-0.1, -0.05) is 45.9 Å². The van der Waals surface area contributed by atoms with Crippen molar-refractivity contribution in [3.63, 3.8) is 0 Å². The number of H-pyrrole nitrogens is 1. The highest BCUT2D eigenvalue weighted by atomic mass is 16.7. The van der Waals surface area contributed by atoms with Crippen molar-refractivity contribution in [2.24, 2.45) is 23.7 Å². The molecule has 3 aromatic rings. The Morgan fingerprint density at radius 3 is 2.32 bits per heavy atom. The number of phenols is 2. The van der Waals surface area contributed by atoms with Crippen LogP contribution in [0.2, 0.25) is 0 Å². The van der Waals surface area contributed by atoms with Crippen LogP contribution in [0.15, 0.2) is 36.1 Å². The van der Waals surface area contributed by atoms with Gasteiger partial charge in [-0.3, -0.25) is 14.4 Å². The van der Waals surface area contributed by atoms with Gasteiger partial charge in [-0.05, 0) is 32.8 Å². The minimum absolute atomic E-state index is 0.0318. The zero-order valence-electron chi connectivity index (χ0n) is 33.9. The highest BCUT2D eigenvalue weighted by Crippen LogP contribution is 2.54. The summed E-state index contributed by atoms with van der Waals surface area (Å²) in [5.41, 5.74) is 0.852. The summed E-state index contributed by atoms with van der Waals surface area (Å²) >= 11 is 0. The van der Waals surface area contributed by atoms with Crippen LogP contribution in [0.3, 0.4) is 0 Å². The molecule has 2 aromatic carbocycles. The fraction of sp³-hybridized carbons (Fsp3) is 0.524. The van der Waals surface area contributed by atoms with Crippen molar-refractivity contribution in [3.8, 4) is 17.2 Å². The molecule has 4 bridgehead atoms. The van der Waals surface area contributed by atoms with E-state index in [2.05, 4.69) is 10.3 Å². The van der Waals surface area contributed by atoms with Crippen LogP contribution in [0, 0.1) is 30.6 Å². The van der Waals surface area contributed by atoms with E-state index in [-0.39, 0.29) is 55.7 Å². The molecule has 0 unspecified atom stereocenters. The monoisotopic (exact) mass is 790 g/mol. The molecule has 6 N–H and O–H groups in total. The summed E-state index contributed by atoms with van der Waals surface area (Å²) in [6.45, 7) is 14.3. The summed E-state index contributed by atoms with van der Waals surface area (Å²) in [7, 11) is 1.46. The molecule has 6 rings (SSSR count). The second kappa shape index (κ2) is 16.0. The van der Waals surface area contributed by atoms with Gasteiger partial charge in [-0.2, -0.15) is 0 Å². The smallest absolute Gasteiger partial charge is 0.312 e. The van der Waals surface area contributed by atoms with Gasteiger partial charge in [0.1, 0.15) is 28.8 Å². The van der Waals surface area contributed by atoms with E-state index in [1.54, 1.807) is 65.8 Å². The molecule has 3 aliphatic rings. The zero-order chi connectivity index (χ0) is 41.7. The number of anilines is 2. The van der Waals surface area contributed by atoms with E-state index in [9.17, 15) is 34.8 Å². The number of esters is 1. The lowest BCUT2D eigenvalue weighted by atomic mass is 9.78. The number of hydrogen-bond acceptors (Lipinski definition) is 13. The number of aromatic nitrogens is 2. The van der Waals surface area contributed by atoms with Crippen LogP contribution in [0.4, 0.5) is 11.6 Å². The van der Waals surface area contributed by atoms with Crippen LogP contribution in [-0.4, -0.2) is 98.5 Å². The molecule has 0 radical (unpaired) electrons. The third-order valence-corrected chi connectivity index (χ3v) is 11.9. The molecule has 0 spiro atoms. The van der Waals surface area contributed by atoms with Gasteiger partial charge < -0.3 is 54.6 Å². The predicted molar refractivity (Wildman–Crippen MR) is 213 cm³/mol. The molecule has 0 aliphatic carbocycles. The van der Waals surface area contributed by atoms with E-state index >= 15 is 0 Å². The quantitative estimate of drug-likeness (QED) is 0.143. The van der Waals surface area contributed by atoms with Gasteiger partial charge in [0.2, 0.25) is 5.95 Å². The molecule has 1 aromatic heterocycles. The number of Topliss-reactive ketones (excluding diaryl/α,β-unsaturated/α-hetero) is 1. The van der Waals surface area contributed by atoms with Gasteiger partial charge in [0, 0.05) is 74.2 Å². The van der Waals surface area contributed by atoms with Gasteiger partial charge >= 0.3 is 11.8 Å². The zero-order valence-corrected chi connectivity index (χ0v) is 33.9. The van der Waals surface area contributed by atoms with Crippen LogP contribution in [0.25, 0.3) is 21.8 Å². The van der Waals surface area contributed by atoms with Crippen molar-refractivity contribution in [1.29, 1.82) is 0 Å². The Morgan fingerprint density at radius 1 is 0.982 bits per heavy atom. The summed E-state index contributed by atoms with van der Waals surface area (Å²) < 4.78 is 23.8. The van der Waals surface area contributed by atoms with E-state index in [0.717, 1.165) is 25.9 Å². The predicted octanol–water partition coefficient (Wildman–Crippen LogP) is 5.53. The topological polar surface area (TPSA) is 213 Å². The number of amides is 1. The number of aliphatic hydroxyl groups is 2. The number of aromatic amines is 1. The van der Waals surface area contributed by atoms with Crippen molar-refractivity contribution in [3.05, 3.63) is 47.3 Å². The first-order valence-corrected chi connectivity index (χ1v) is 19.4. The van der Waals surface area contributed by atoms with Crippen molar-refractivity contribution in [1.82, 2.24) is 9.97 Å². The van der Waals surface area contributed by atoms with Gasteiger partial charge in [0.25, 0.3) is 11.7 Å². The van der Waals surface area contributed by atoms with Crippen LogP contribution in [-0.2, 0) is 23.8 Å². The maximum atomic E-state index is 14.5. The molecular weight excluding hydrogens is 736 g/mol. The molecule has 1 fully saturated rings. The number of benzene rings is 2. The van der Waals surface area contributed by atoms with E-state index in [1.165, 1.54) is 27.2 Å². The first-order valence-electron chi connectivity index (χ1n) is 19.4. The van der Waals surface area contributed by atoms with Crippen LogP contribution in [0.5, 0.6) is 17.2 Å². The fourth-order valence-electron chi connectivity index (χ4n) is 8.28. The number of phenolic OH excluding ortho intramolecular Hbond substituents is 2. The van der Waals surface area contributed by atoms with Crippen molar-refractivity contribution >= 4 is 51.1 Å². The normalized spacial score (nSPS) is 32.2. The Hall–Kier alpha value is -5.12. The molecule has 308 valence electrons. The number of ketones is 1. The molecule has 1 saturated heterocycles. The van der Waals surface area contributed by atoms with Gasteiger partial charge in [0.05, 0.1) is 41.0 Å². The number of aromatic hydroxyl groups is 2. The van der Waals surface area contributed by atoms with E-state index in [1.807, 2.05) is 4.90 Å². The largest absolute Gasteiger partial charge is 0.507 e. The Morgan fingerprint density at radius 2 is 1.67 bits per heavy atom. The number of hydrogen-bond donors (Lipinski definition) is 6. The number of imidazole rings is 1. The summed E-state index contributed by atoms with van der Waals surface area (Å²) in [4.78, 5) is 50.8. The Balaban J connectivity index is 1.54. The highest BCUT2D eigenvalue weighted by Gasteiger charge is 2.50. The van der Waals surface area contributed by atoms with Crippen molar-refractivity contribution < 1.29 is 53.8 Å². The lowest BCUT2D eigenvalue weighted by molar-refractivity contribution is -0.160. The summed E-state index contributed by atoms with van der Waals surface area (Å²) in [6.07, 6.45) is 5.82. The van der Waals surface area contributed by atoms with Gasteiger partial charge in [-0.15, -0.1) is 0 Å². The fourth-order valence-corrected chi connectivity index (χ4v) is 8.28. The first kappa shape index (κ1) is 41.5. The van der Waals surface area contributed by atoms with E-state index in [0.29, 0.717) is 5.95 Å². The summed E-state index contributed by atoms with van der Waals surface area (Å²) in [6, 6.07) is 0. The van der Waals surface area contributed by atoms with Crippen molar-refractivity contribution in [2.45, 2.75) is 98.4 Å². The number of nitrogens with zero attached hydrogens (tertiary/aromatic N) is 2. The van der Waals surface area contributed by atoms with Gasteiger partial charge in [-0.25, -0.2) is 4.98 Å². The number of ether oxygens (including phenoxy) is 4.